The van der Waals surface area contributed by atoms with Crippen LogP contribution in [0, 0.1) is 11.3 Å². The summed E-state index contributed by atoms with van der Waals surface area (Å²) in [6.07, 6.45) is 0. The molecule has 0 aliphatic heterocycles. The number of sulfonamides is 1. The second-order valence-corrected chi connectivity index (χ2v) is 5.09. The Morgan fingerprint density at radius 2 is 2.00 bits per heavy atom. The third-order valence-corrected chi connectivity index (χ3v) is 3.53. The second kappa shape index (κ2) is 5.66. The molecule has 1 aromatic carbocycles. The lowest BCUT2D eigenvalue weighted by atomic mass is 10.3. The third-order valence-electron chi connectivity index (χ3n) is 1.97. The summed E-state index contributed by atoms with van der Waals surface area (Å²) in [6, 6.07) is 7.09. The molecule has 6 heteroatoms. The van der Waals surface area contributed by atoms with Crippen molar-refractivity contribution in [1.82, 2.24) is 4.72 Å². The number of rotatable bonds is 5. The first-order valence-electron chi connectivity index (χ1n) is 5.14. The average molecular weight is 254 g/mol. The summed E-state index contributed by atoms with van der Waals surface area (Å²) in [6.45, 7) is 3.85. The Balaban J connectivity index is 2.89. The molecule has 0 saturated carbocycles. The van der Waals surface area contributed by atoms with Gasteiger partial charge in [-0.05, 0) is 38.1 Å². The van der Waals surface area contributed by atoms with Gasteiger partial charge >= 0.3 is 0 Å². The predicted octanol–water partition coefficient (Wildman–Crippen LogP) is 1.28. The molecule has 1 aromatic rings. The lowest BCUT2D eigenvalue weighted by Crippen LogP contribution is -2.31. The van der Waals surface area contributed by atoms with E-state index in [9.17, 15) is 8.42 Å². The number of nitrogens with zero attached hydrogens (tertiary/aromatic N) is 1. The minimum absolute atomic E-state index is 0.114. The van der Waals surface area contributed by atoms with Gasteiger partial charge in [-0.3, -0.25) is 0 Å². The highest BCUT2D eigenvalue weighted by molar-refractivity contribution is 7.89. The van der Waals surface area contributed by atoms with Crippen LogP contribution < -0.4 is 9.46 Å². The number of nitrogens with one attached hydrogen (secondary N) is 1. The molecule has 0 bridgehead atoms. The van der Waals surface area contributed by atoms with Crippen LogP contribution in [-0.2, 0) is 10.0 Å². The summed E-state index contributed by atoms with van der Waals surface area (Å²) < 4.78 is 31.0. The van der Waals surface area contributed by atoms with Gasteiger partial charge < -0.3 is 4.74 Å². The van der Waals surface area contributed by atoms with Gasteiger partial charge in [-0.15, -0.1) is 0 Å². The Bertz CT molecular complexity index is 503. The zero-order chi connectivity index (χ0) is 12.9. The van der Waals surface area contributed by atoms with E-state index in [1.807, 2.05) is 13.0 Å². The topological polar surface area (TPSA) is 79.2 Å². The molecular weight excluding hydrogens is 240 g/mol. The molecule has 0 heterocycles. The Morgan fingerprint density at radius 1 is 1.41 bits per heavy atom. The number of ether oxygens (including phenoxy) is 1. The van der Waals surface area contributed by atoms with E-state index >= 15 is 0 Å². The van der Waals surface area contributed by atoms with Gasteiger partial charge in [0, 0.05) is 0 Å². The maximum absolute atomic E-state index is 11.8. The van der Waals surface area contributed by atoms with E-state index in [0.717, 1.165) is 0 Å². The molecule has 17 heavy (non-hydrogen) atoms. The van der Waals surface area contributed by atoms with E-state index in [-0.39, 0.29) is 4.90 Å². The molecule has 5 nitrogen and oxygen atoms in total. The van der Waals surface area contributed by atoms with Crippen LogP contribution in [0.3, 0.4) is 0 Å². The highest BCUT2D eigenvalue weighted by Crippen LogP contribution is 2.15. The molecule has 1 atom stereocenters. The average Bonchev–Trinajstić information content (AvgIpc) is 2.29. The Hall–Kier alpha value is -1.58. The first-order valence-corrected chi connectivity index (χ1v) is 6.62. The van der Waals surface area contributed by atoms with Crippen LogP contribution in [0.1, 0.15) is 13.8 Å². The molecule has 0 amide bonds. The van der Waals surface area contributed by atoms with Gasteiger partial charge in [-0.1, -0.05) is 0 Å². The molecule has 0 aromatic heterocycles. The molecule has 92 valence electrons. The summed E-state index contributed by atoms with van der Waals surface area (Å²) in [7, 11) is -3.63. The molecule has 1 rings (SSSR count). The van der Waals surface area contributed by atoms with Gasteiger partial charge in [0.05, 0.1) is 17.6 Å². The Labute approximate surface area is 101 Å². The number of benzene rings is 1. The minimum Gasteiger partial charge on any atom is -0.494 e. The van der Waals surface area contributed by atoms with E-state index in [2.05, 4.69) is 4.72 Å². The Morgan fingerprint density at radius 3 is 2.47 bits per heavy atom. The number of nitriles is 1. The smallest absolute Gasteiger partial charge is 0.241 e. The molecule has 0 spiro atoms. The fourth-order valence-corrected chi connectivity index (χ4v) is 2.36. The van der Waals surface area contributed by atoms with E-state index < -0.39 is 16.1 Å². The van der Waals surface area contributed by atoms with E-state index in [1.54, 1.807) is 12.1 Å². The maximum atomic E-state index is 11.8. The summed E-state index contributed by atoms with van der Waals surface area (Å²) >= 11 is 0. The molecule has 0 radical (unpaired) electrons. The van der Waals surface area contributed by atoms with Gasteiger partial charge in [0.2, 0.25) is 10.0 Å². The van der Waals surface area contributed by atoms with Crippen molar-refractivity contribution in [2.45, 2.75) is 24.8 Å². The molecule has 0 saturated heterocycles. The lowest BCUT2D eigenvalue weighted by Gasteiger charge is -2.08. The van der Waals surface area contributed by atoms with Crippen molar-refractivity contribution in [3.8, 4) is 11.8 Å². The molecular formula is C11H14N2O3S. The van der Waals surface area contributed by atoms with Crippen molar-refractivity contribution < 1.29 is 13.2 Å². The SMILES string of the molecule is CCOc1ccc(S(=O)(=O)NC(C)C#N)cc1. The minimum atomic E-state index is -3.63. The normalized spacial score (nSPS) is 12.8. The van der Waals surface area contributed by atoms with Crippen LogP contribution in [0.25, 0.3) is 0 Å². The molecule has 0 aliphatic carbocycles. The van der Waals surface area contributed by atoms with Gasteiger partial charge in [-0.25, -0.2) is 8.42 Å². The zero-order valence-electron chi connectivity index (χ0n) is 9.67. The molecule has 0 aliphatic rings. The van der Waals surface area contributed by atoms with Crippen molar-refractivity contribution in [2.75, 3.05) is 6.61 Å². The van der Waals surface area contributed by atoms with E-state index in [4.69, 9.17) is 10.00 Å². The van der Waals surface area contributed by atoms with Gasteiger partial charge in [0.25, 0.3) is 0 Å². The summed E-state index contributed by atoms with van der Waals surface area (Å²) in [5.41, 5.74) is 0. The van der Waals surface area contributed by atoms with Crippen molar-refractivity contribution in [3.05, 3.63) is 24.3 Å². The largest absolute Gasteiger partial charge is 0.494 e. The number of hydrogen-bond donors (Lipinski definition) is 1. The monoisotopic (exact) mass is 254 g/mol. The van der Waals surface area contributed by atoms with Gasteiger partial charge in [0.15, 0.2) is 0 Å². The van der Waals surface area contributed by atoms with E-state index in [0.29, 0.717) is 12.4 Å². The van der Waals surface area contributed by atoms with Crippen LogP contribution in [-0.4, -0.2) is 21.1 Å². The predicted molar refractivity (Wildman–Crippen MR) is 63.0 cm³/mol. The standard InChI is InChI=1S/C11H14N2O3S/c1-3-16-10-4-6-11(7-5-10)17(14,15)13-9(2)8-12/h4-7,9,13H,3H2,1-2H3. The lowest BCUT2D eigenvalue weighted by molar-refractivity contribution is 0.340. The third kappa shape index (κ3) is 3.73. The fraction of sp³-hybridized carbons (Fsp3) is 0.364. The van der Waals surface area contributed by atoms with Crippen molar-refractivity contribution in [3.63, 3.8) is 0 Å². The first kappa shape index (κ1) is 13.5. The van der Waals surface area contributed by atoms with Gasteiger partial charge in [-0.2, -0.15) is 9.98 Å². The quantitative estimate of drug-likeness (QED) is 0.858. The van der Waals surface area contributed by atoms with Crippen LogP contribution in [0.2, 0.25) is 0 Å². The summed E-state index contributed by atoms with van der Waals surface area (Å²) in [5.74, 6) is 0.611. The summed E-state index contributed by atoms with van der Waals surface area (Å²) in [4.78, 5) is 0.114. The summed E-state index contributed by atoms with van der Waals surface area (Å²) in [5, 5.41) is 8.56. The zero-order valence-corrected chi connectivity index (χ0v) is 10.5. The van der Waals surface area contributed by atoms with Crippen LogP contribution in [0.4, 0.5) is 0 Å². The van der Waals surface area contributed by atoms with E-state index in [1.165, 1.54) is 19.1 Å². The highest BCUT2D eigenvalue weighted by Gasteiger charge is 2.16. The molecule has 1 N–H and O–H groups in total. The van der Waals surface area contributed by atoms with Crippen molar-refractivity contribution in [1.29, 1.82) is 5.26 Å². The highest BCUT2D eigenvalue weighted by atomic mass is 32.2. The van der Waals surface area contributed by atoms with Crippen LogP contribution in [0.15, 0.2) is 29.2 Å². The van der Waals surface area contributed by atoms with Crippen molar-refractivity contribution in [2.24, 2.45) is 0 Å². The number of hydrogen-bond acceptors (Lipinski definition) is 4. The van der Waals surface area contributed by atoms with Gasteiger partial charge in [0.1, 0.15) is 11.8 Å². The fourth-order valence-electron chi connectivity index (χ4n) is 1.21. The second-order valence-electron chi connectivity index (χ2n) is 3.38. The van der Waals surface area contributed by atoms with Crippen molar-refractivity contribution >= 4 is 10.0 Å². The molecule has 0 fully saturated rings. The maximum Gasteiger partial charge on any atom is 0.241 e. The molecule has 1 unspecified atom stereocenters. The van der Waals surface area contributed by atoms with Crippen LogP contribution in [0.5, 0.6) is 5.75 Å². The van der Waals surface area contributed by atoms with Crippen LogP contribution >= 0.6 is 0 Å². The first-order chi connectivity index (χ1) is 7.99. The Kier molecular flexibility index (Phi) is 4.49.